The number of H-pyrrole nitrogens is 1. The molecule has 2 aliphatic rings. The van der Waals surface area contributed by atoms with Gasteiger partial charge in [0, 0.05) is 6.54 Å². The molecular weight excluding hydrogens is 319 g/mol. The Bertz CT molecular complexity index is 952. The van der Waals surface area contributed by atoms with Crippen molar-refractivity contribution in [3.8, 4) is 11.3 Å². The van der Waals surface area contributed by atoms with E-state index in [2.05, 4.69) is 20.3 Å². The summed E-state index contributed by atoms with van der Waals surface area (Å²) >= 11 is 6.26. The fourth-order valence-electron chi connectivity index (χ4n) is 3.15. The largest absolute Gasteiger partial charge is 0.308 e. The smallest absolute Gasteiger partial charge is 0.146 e. The molecule has 2 aliphatic heterocycles. The van der Waals surface area contributed by atoms with Gasteiger partial charge in [-0.3, -0.25) is 5.10 Å². The van der Waals surface area contributed by atoms with Crippen LogP contribution < -0.4 is 4.90 Å². The van der Waals surface area contributed by atoms with Crippen LogP contribution in [-0.2, 0) is 6.54 Å². The van der Waals surface area contributed by atoms with Crippen LogP contribution in [0.4, 0.5) is 15.9 Å². The van der Waals surface area contributed by atoms with E-state index in [-0.39, 0.29) is 0 Å². The molecule has 0 spiro atoms. The first-order valence-electron chi connectivity index (χ1n) is 7.14. The average Bonchev–Trinajstić information content (AvgIpc) is 3.20. The fraction of sp³-hybridized carbons (Fsp3) is 0.133. The number of rotatable bonds is 1. The van der Waals surface area contributed by atoms with Gasteiger partial charge in [0.05, 0.1) is 40.8 Å². The van der Waals surface area contributed by atoms with Crippen molar-refractivity contribution in [3.05, 3.63) is 47.0 Å². The molecule has 0 aliphatic carbocycles. The highest BCUT2D eigenvalue weighted by Gasteiger charge is 2.34. The van der Waals surface area contributed by atoms with Gasteiger partial charge in [-0.1, -0.05) is 17.7 Å². The fourth-order valence-corrected chi connectivity index (χ4v) is 3.40. The summed E-state index contributed by atoms with van der Waals surface area (Å²) in [5.74, 6) is 0.961. The molecule has 3 aromatic rings. The number of aromatic nitrogens is 4. The molecule has 4 heterocycles. The van der Waals surface area contributed by atoms with Crippen molar-refractivity contribution < 1.29 is 4.39 Å². The van der Waals surface area contributed by atoms with Gasteiger partial charge in [-0.2, -0.15) is 10.2 Å². The molecule has 5 rings (SSSR count). The third kappa shape index (κ3) is 1.65. The van der Waals surface area contributed by atoms with Crippen LogP contribution in [0.5, 0.6) is 0 Å². The maximum atomic E-state index is 14.5. The zero-order valence-electron chi connectivity index (χ0n) is 11.8. The van der Waals surface area contributed by atoms with Crippen molar-refractivity contribution in [1.29, 1.82) is 0 Å². The van der Waals surface area contributed by atoms with Gasteiger partial charge in [-0.05, 0) is 12.1 Å². The SMILES string of the molecule is Fc1cccc(Cl)c1C1=Nc2cn[nH]c2-c2cnn3c2N1CC3. The third-order valence-corrected chi connectivity index (χ3v) is 4.47. The number of amidine groups is 1. The maximum Gasteiger partial charge on any atom is 0.146 e. The molecule has 23 heavy (non-hydrogen) atoms. The summed E-state index contributed by atoms with van der Waals surface area (Å²) in [5.41, 5.74) is 2.62. The molecular formula is C15H10ClFN6. The number of nitrogens with one attached hydrogen (secondary N) is 1. The number of halogens is 2. The van der Waals surface area contributed by atoms with Crippen molar-refractivity contribution in [2.24, 2.45) is 4.99 Å². The monoisotopic (exact) mass is 328 g/mol. The number of hydrogen-bond donors (Lipinski definition) is 1. The summed E-state index contributed by atoms with van der Waals surface area (Å²) < 4.78 is 16.3. The molecule has 0 radical (unpaired) electrons. The van der Waals surface area contributed by atoms with Crippen molar-refractivity contribution in [3.63, 3.8) is 0 Å². The van der Waals surface area contributed by atoms with Gasteiger partial charge in [0.25, 0.3) is 0 Å². The number of hydrogen-bond acceptors (Lipinski definition) is 4. The standard InChI is InChI=1S/C15H10ClFN6/c16-9-2-1-3-10(17)12(9)14-20-11-7-18-21-13(11)8-6-19-23-5-4-22(14)15(8)23/h1-3,6-7H,4-5H2,(H,18,21). The van der Waals surface area contributed by atoms with Gasteiger partial charge >= 0.3 is 0 Å². The number of aliphatic imine (C=N–C) groups is 1. The Morgan fingerprint density at radius 3 is 3.00 bits per heavy atom. The highest BCUT2D eigenvalue weighted by atomic mass is 35.5. The van der Waals surface area contributed by atoms with E-state index in [4.69, 9.17) is 11.6 Å². The second-order valence-corrected chi connectivity index (χ2v) is 5.83. The number of nitrogens with zero attached hydrogens (tertiary/aromatic N) is 5. The molecule has 1 aromatic carbocycles. The number of anilines is 1. The van der Waals surface area contributed by atoms with E-state index in [0.717, 1.165) is 17.1 Å². The van der Waals surface area contributed by atoms with Crippen LogP contribution in [0, 0.1) is 5.82 Å². The zero-order chi connectivity index (χ0) is 15.6. The highest BCUT2D eigenvalue weighted by Crippen LogP contribution is 2.42. The van der Waals surface area contributed by atoms with Crippen molar-refractivity contribution >= 4 is 28.9 Å². The topological polar surface area (TPSA) is 62.1 Å². The first-order chi connectivity index (χ1) is 11.2. The van der Waals surface area contributed by atoms with E-state index in [1.54, 1.807) is 24.5 Å². The Morgan fingerprint density at radius 1 is 1.22 bits per heavy atom. The lowest BCUT2D eigenvalue weighted by Crippen LogP contribution is -2.30. The van der Waals surface area contributed by atoms with E-state index in [9.17, 15) is 4.39 Å². The summed E-state index contributed by atoms with van der Waals surface area (Å²) in [4.78, 5) is 6.61. The van der Waals surface area contributed by atoms with Crippen molar-refractivity contribution in [1.82, 2.24) is 20.0 Å². The van der Waals surface area contributed by atoms with E-state index in [1.807, 2.05) is 9.58 Å². The predicted octanol–water partition coefficient (Wildman–Crippen LogP) is 2.98. The molecule has 0 bridgehead atoms. The lowest BCUT2D eigenvalue weighted by atomic mass is 10.1. The lowest BCUT2D eigenvalue weighted by molar-refractivity contribution is 0.624. The van der Waals surface area contributed by atoms with E-state index in [1.165, 1.54) is 6.07 Å². The quantitative estimate of drug-likeness (QED) is 0.747. The minimum absolute atomic E-state index is 0.295. The van der Waals surface area contributed by atoms with Crippen LogP contribution in [-0.4, -0.2) is 32.4 Å². The van der Waals surface area contributed by atoms with Crippen LogP contribution in [0.3, 0.4) is 0 Å². The Morgan fingerprint density at radius 2 is 2.13 bits per heavy atom. The van der Waals surface area contributed by atoms with E-state index in [0.29, 0.717) is 35.2 Å². The number of benzene rings is 1. The molecule has 0 saturated carbocycles. The predicted molar refractivity (Wildman–Crippen MR) is 84.8 cm³/mol. The van der Waals surface area contributed by atoms with Crippen LogP contribution in [0.1, 0.15) is 5.56 Å². The van der Waals surface area contributed by atoms with Gasteiger partial charge in [0.15, 0.2) is 0 Å². The third-order valence-electron chi connectivity index (χ3n) is 4.16. The van der Waals surface area contributed by atoms with Gasteiger partial charge in [-0.15, -0.1) is 0 Å². The lowest BCUT2D eigenvalue weighted by Gasteiger charge is -2.20. The van der Waals surface area contributed by atoms with Crippen LogP contribution in [0.15, 0.2) is 35.6 Å². The average molecular weight is 329 g/mol. The Balaban J connectivity index is 1.84. The van der Waals surface area contributed by atoms with Crippen LogP contribution in [0.25, 0.3) is 11.3 Å². The summed E-state index contributed by atoms with van der Waals surface area (Å²) in [6, 6.07) is 4.64. The molecule has 0 atom stereocenters. The van der Waals surface area contributed by atoms with Crippen LogP contribution in [0.2, 0.25) is 5.02 Å². The Labute approximate surface area is 135 Å². The molecule has 0 saturated heterocycles. The Kier molecular flexibility index (Phi) is 2.47. The zero-order valence-corrected chi connectivity index (χ0v) is 12.5. The minimum Gasteiger partial charge on any atom is -0.308 e. The minimum atomic E-state index is -0.400. The van der Waals surface area contributed by atoms with Gasteiger partial charge in [0.1, 0.15) is 23.2 Å². The highest BCUT2D eigenvalue weighted by molar-refractivity contribution is 6.35. The molecule has 0 fully saturated rings. The summed E-state index contributed by atoms with van der Waals surface area (Å²) in [6.07, 6.45) is 3.40. The molecule has 0 unspecified atom stereocenters. The van der Waals surface area contributed by atoms with E-state index < -0.39 is 5.82 Å². The number of aromatic amines is 1. The van der Waals surface area contributed by atoms with Crippen molar-refractivity contribution in [2.75, 3.05) is 11.4 Å². The normalized spacial score (nSPS) is 15.2. The second kappa shape index (κ2) is 4.42. The summed E-state index contributed by atoms with van der Waals surface area (Å²) in [6.45, 7) is 1.38. The molecule has 0 amide bonds. The molecule has 6 nitrogen and oxygen atoms in total. The van der Waals surface area contributed by atoms with Crippen molar-refractivity contribution in [2.45, 2.75) is 6.54 Å². The Hall–Kier alpha value is -2.67. The summed E-state index contributed by atoms with van der Waals surface area (Å²) in [5, 5.41) is 11.7. The first kappa shape index (κ1) is 12.8. The van der Waals surface area contributed by atoms with Gasteiger partial charge < -0.3 is 4.90 Å². The molecule has 2 aromatic heterocycles. The molecule has 1 N–H and O–H groups in total. The maximum absolute atomic E-state index is 14.5. The molecule has 114 valence electrons. The first-order valence-corrected chi connectivity index (χ1v) is 7.52. The second-order valence-electron chi connectivity index (χ2n) is 5.42. The van der Waals surface area contributed by atoms with Crippen LogP contribution >= 0.6 is 11.6 Å². The summed E-state index contributed by atoms with van der Waals surface area (Å²) in [7, 11) is 0. The number of fused-ring (bicyclic) bond motifs is 2. The van der Waals surface area contributed by atoms with Gasteiger partial charge in [0.2, 0.25) is 0 Å². The molecule has 8 heteroatoms. The van der Waals surface area contributed by atoms with E-state index >= 15 is 0 Å². The van der Waals surface area contributed by atoms with Gasteiger partial charge in [-0.25, -0.2) is 14.1 Å².